The van der Waals surface area contributed by atoms with Crippen molar-refractivity contribution < 1.29 is 44.3 Å². The maximum Gasteiger partial charge on any atom is 0.198 e. The quantitative estimate of drug-likeness (QED) is 0.261. The minimum absolute atomic E-state index is 0.0344. The lowest BCUT2D eigenvalue weighted by Gasteiger charge is -2.41. The van der Waals surface area contributed by atoms with Gasteiger partial charge in [0.1, 0.15) is 23.4 Å². The molecule has 10 heteroatoms. The van der Waals surface area contributed by atoms with Crippen molar-refractivity contribution in [2.45, 2.75) is 56.3 Å². The van der Waals surface area contributed by atoms with E-state index in [1.807, 2.05) is 0 Å². The largest absolute Gasteiger partial charge is 0.507 e. The highest BCUT2D eigenvalue weighted by atomic mass is 16.7. The third-order valence-electron chi connectivity index (χ3n) is 7.17. The normalized spacial score (nSPS) is 29.8. The number of aliphatic hydroxyl groups excluding tert-OH is 2. The van der Waals surface area contributed by atoms with E-state index in [-0.39, 0.29) is 59.3 Å². The first-order valence-corrected chi connectivity index (χ1v) is 11.3. The van der Waals surface area contributed by atoms with Crippen LogP contribution in [-0.4, -0.2) is 68.4 Å². The van der Waals surface area contributed by atoms with Gasteiger partial charge in [0.2, 0.25) is 0 Å². The van der Waals surface area contributed by atoms with Crippen molar-refractivity contribution in [3.8, 4) is 11.5 Å². The summed E-state index contributed by atoms with van der Waals surface area (Å²) < 4.78 is 11.4. The molecule has 0 amide bonds. The number of fused-ring (bicyclic) bond motifs is 3. The molecule has 35 heavy (non-hydrogen) atoms. The van der Waals surface area contributed by atoms with Crippen LogP contribution in [0.1, 0.15) is 68.8 Å². The highest BCUT2D eigenvalue weighted by Crippen LogP contribution is 2.51. The zero-order valence-electron chi connectivity index (χ0n) is 18.9. The Kier molecular flexibility index (Phi) is 5.53. The molecule has 5 atom stereocenters. The first-order valence-electron chi connectivity index (χ1n) is 11.3. The van der Waals surface area contributed by atoms with Gasteiger partial charge in [-0.05, 0) is 6.92 Å². The van der Waals surface area contributed by atoms with Crippen LogP contribution in [0.3, 0.4) is 0 Å². The SMILES string of the molecule is C[13C](=O)[C@]1(N)Cc2c(O)c3c(c(O)c2C(O[C@H]2C[C@@H](O)[C@H](O)CO2)C1)C(=O)[13c]1cccc[13c]1C3=O. The fraction of sp³-hybridized carbons (Fsp3) is 0.400. The van der Waals surface area contributed by atoms with Gasteiger partial charge in [-0.15, -0.1) is 0 Å². The standard InChI is InChI=1S/C25H25NO9/c1-10(27)25(26)7-13-18(16(8-25)35-17-6-14(28)15(29)9-34-17)24(33)20-19(23(13)32)21(30)11-4-2-3-5-12(11)22(20)31/h2-5,14-17,28-29,32-33H,6-9,26H2,1H3/t14-,15-,16?,17+,25+/m1/s1/i10+1,11+1,12+1. The van der Waals surface area contributed by atoms with E-state index in [0.29, 0.717) is 0 Å². The second kappa shape index (κ2) is 8.21. The van der Waals surface area contributed by atoms with Crippen LogP contribution >= 0.6 is 0 Å². The zero-order chi connectivity index (χ0) is 25.2. The number of ketones is 3. The first kappa shape index (κ1) is 23.6. The molecule has 0 aromatic heterocycles. The summed E-state index contributed by atoms with van der Waals surface area (Å²) in [4.78, 5) is 39.0. The zero-order valence-corrected chi connectivity index (χ0v) is 18.9. The predicted molar refractivity (Wildman–Crippen MR) is 119 cm³/mol. The van der Waals surface area contributed by atoms with E-state index in [9.17, 15) is 34.8 Å². The van der Waals surface area contributed by atoms with Gasteiger partial charge in [-0.3, -0.25) is 14.4 Å². The lowest BCUT2D eigenvalue weighted by molar-refractivity contribution is -0.238. The van der Waals surface area contributed by atoms with Crippen molar-refractivity contribution in [3.63, 3.8) is 0 Å². The Balaban J connectivity index is 1.67. The molecule has 1 heterocycles. The van der Waals surface area contributed by atoms with Crippen molar-refractivity contribution >= 4 is 17.3 Å². The molecule has 1 saturated heterocycles. The van der Waals surface area contributed by atoms with Gasteiger partial charge in [-0.2, -0.15) is 0 Å². The molecule has 6 N–H and O–H groups in total. The maximum atomic E-state index is 13.3. The van der Waals surface area contributed by atoms with E-state index in [1.54, 1.807) is 12.1 Å². The minimum Gasteiger partial charge on any atom is -0.507 e. The number of hydrogen-bond acceptors (Lipinski definition) is 10. The molecule has 0 saturated carbocycles. The van der Waals surface area contributed by atoms with E-state index in [1.165, 1.54) is 19.1 Å². The molecule has 0 spiro atoms. The van der Waals surface area contributed by atoms with Crippen LogP contribution in [0.4, 0.5) is 0 Å². The first-order chi connectivity index (χ1) is 16.5. The van der Waals surface area contributed by atoms with Gasteiger partial charge >= 0.3 is 0 Å². The fourth-order valence-electron chi connectivity index (χ4n) is 5.13. The summed E-state index contributed by atoms with van der Waals surface area (Å²) >= 11 is 0. The number of carbonyl (C=O) groups excluding carboxylic acids is 3. The van der Waals surface area contributed by atoms with Crippen LogP contribution in [0, 0.1) is 0 Å². The topological polar surface area (TPSA) is 177 Å². The number of aromatic hydroxyl groups is 2. The summed E-state index contributed by atoms with van der Waals surface area (Å²) in [6, 6.07) is 6.10. The van der Waals surface area contributed by atoms with Crippen molar-refractivity contribution in [2.75, 3.05) is 6.61 Å². The number of hydrogen-bond donors (Lipinski definition) is 5. The number of ether oxygens (including phenoxy) is 2. The summed E-state index contributed by atoms with van der Waals surface area (Å²) in [6.07, 6.45) is -4.74. The number of aliphatic hydroxyl groups is 2. The van der Waals surface area contributed by atoms with E-state index < -0.39 is 59.0 Å². The van der Waals surface area contributed by atoms with Crippen LogP contribution in [0.15, 0.2) is 24.3 Å². The molecule has 10 nitrogen and oxygen atoms in total. The van der Waals surface area contributed by atoms with Crippen LogP contribution in [-0.2, 0) is 20.7 Å². The van der Waals surface area contributed by atoms with Gasteiger partial charge in [0.25, 0.3) is 0 Å². The van der Waals surface area contributed by atoms with Gasteiger partial charge < -0.3 is 35.6 Å². The highest BCUT2D eigenvalue weighted by Gasteiger charge is 2.48. The molecule has 2 aliphatic carbocycles. The number of carbonyl (C=O) groups is 3. The summed E-state index contributed by atoms with van der Waals surface area (Å²) in [5.41, 5.74) is 4.47. The highest BCUT2D eigenvalue weighted by molar-refractivity contribution is 6.30. The number of phenolic OH excluding ortho intramolecular Hbond substituents is 2. The van der Waals surface area contributed by atoms with Crippen LogP contribution in [0.5, 0.6) is 11.5 Å². The molecule has 2 aromatic rings. The molecule has 5 rings (SSSR count). The number of Topliss-reactive ketones (excluding diaryl/α,β-unsaturated/α-hetero) is 1. The Bertz CT molecular complexity index is 1270. The molecule has 0 radical (unpaired) electrons. The number of benzene rings is 2. The summed E-state index contributed by atoms with van der Waals surface area (Å²) in [5.74, 6) is -2.74. The van der Waals surface area contributed by atoms with Crippen molar-refractivity contribution in [2.24, 2.45) is 5.73 Å². The van der Waals surface area contributed by atoms with Gasteiger partial charge in [-0.25, -0.2) is 0 Å². The lowest BCUT2D eigenvalue weighted by Crippen LogP contribution is -2.53. The van der Waals surface area contributed by atoms with Crippen molar-refractivity contribution in [1.82, 2.24) is 0 Å². The van der Waals surface area contributed by atoms with Crippen LogP contribution < -0.4 is 5.73 Å². The molecule has 1 fully saturated rings. The molecule has 0 bridgehead atoms. The molecule has 2 aromatic carbocycles. The van der Waals surface area contributed by atoms with E-state index in [4.69, 9.17) is 15.2 Å². The Morgan fingerprint density at radius 2 is 1.66 bits per heavy atom. The summed E-state index contributed by atoms with van der Waals surface area (Å²) in [5, 5.41) is 42.3. The minimum atomic E-state index is -1.50. The molecular weight excluding hydrogens is 461 g/mol. The Labute approximate surface area is 199 Å². The smallest absolute Gasteiger partial charge is 0.198 e. The Morgan fingerprint density at radius 1 is 1.06 bits per heavy atom. The van der Waals surface area contributed by atoms with E-state index in [0.717, 1.165) is 0 Å². The third kappa shape index (κ3) is 3.57. The predicted octanol–water partition coefficient (Wildman–Crippen LogP) is 0.632. The lowest BCUT2D eigenvalue weighted by atomic mass is 9.76. The summed E-state index contributed by atoms with van der Waals surface area (Å²) in [7, 11) is 0. The number of nitrogens with two attached hydrogens (primary N) is 1. The molecule has 184 valence electrons. The van der Waals surface area contributed by atoms with Crippen molar-refractivity contribution in [1.29, 1.82) is 0 Å². The van der Waals surface area contributed by atoms with Gasteiger partial charge in [0.05, 0.1) is 35.5 Å². The van der Waals surface area contributed by atoms with Crippen LogP contribution in [0.25, 0.3) is 0 Å². The van der Waals surface area contributed by atoms with Crippen molar-refractivity contribution in [3.05, 3.63) is 57.6 Å². The number of phenols is 2. The maximum absolute atomic E-state index is 13.3. The molecular formula is C25H25NO9. The molecule has 1 aliphatic heterocycles. The second-order valence-corrected chi connectivity index (χ2v) is 9.39. The van der Waals surface area contributed by atoms with Crippen LogP contribution in [0.2, 0.25) is 0 Å². The number of rotatable bonds is 3. The molecule has 1 unspecified atom stereocenters. The van der Waals surface area contributed by atoms with E-state index in [2.05, 4.69) is 0 Å². The van der Waals surface area contributed by atoms with Gasteiger partial charge in [0, 0.05) is 41.5 Å². The third-order valence-corrected chi connectivity index (χ3v) is 7.17. The van der Waals surface area contributed by atoms with E-state index >= 15 is 0 Å². The van der Waals surface area contributed by atoms with Gasteiger partial charge in [-0.1, -0.05) is 24.3 Å². The monoisotopic (exact) mass is 486 g/mol. The van der Waals surface area contributed by atoms with Gasteiger partial charge in [0.15, 0.2) is 17.9 Å². The fourth-order valence-corrected chi connectivity index (χ4v) is 5.13. The summed E-state index contributed by atoms with van der Waals surface area (Å²) in [6.45, 7) is 1.09. The average molecular weight is 486 g/mol. The molecule has 3 aliphatic rings. The second-order valence-electron chi connectivity index (χ2n) is 9.39. The average Bonchev–Trinajstić information content (AvgIpc) is 2.82. The Morgan fingerprint density at radius 3 is 2.23 bits per heavy atom. The Hall–Kier alpha value is -3.15.